The van der Waals surface area contributed by atoms with Crippen LogP contribution in [0.2, 0.25) is 0 Å². The molecule has 1 aliphatic carbocycles. The fourth-order valence-electron chi connectivity index (χ4n) is 3.09. The molecule has 0 radical (unpaired) electrons. The van der Waals surface area contributed by atoms with Crippen LogP contribution in [0.1, 0.15) is 36.9 Å². The molecule has 110 valence electrons. The molecule has 2 aromatic rings. The number of hydrogen-bond acceptors (Lipinski definition) is 3. The molecule has 3 rings (SSSR count). The van der Waals surface area contributed by atoms with Crippen LogP contribution in [0.3, 0.4) is 0 Å². The fourth-order valence-corrected chi connectivity index (χ4v) is 3.09. The van der Waals surface area contributed by atoms with Gasteiger partial charge >= 0.3 is 0 Å². The highest BCUT2D eigenvalue weighted by molar-refractivity contribution is 5.70. The Kier molecular flexibility index (Phi) is 4.20. The zero-order chi connectivity index (χ0) is 14.7. The second kappa shape index (κ2) is 6.27. The van der Waals surface area contributed by atoms with Gasteiger partial charge in [-0.1, -0.05) is 25.1 Å². The van der Waals surface area contributed by atoms with Gasteiger partial charge in [-0.2, -0.15) is 0 Å². The van der Waals surface area contributed by atoms with E-state index in [0.717, 1.165) is 30.8 Å². The number of pyridine rings is 1. The van der Waals surface area contributed by atoms with Crippen molar-refractivity contribution in [3.05, 3.63) is 47.8 Å². The molecule has 0 saturated heterocycles. The van der Waals surface area contributed by atoms with Gasteiger partial charge in [-0.15, -0.1) is 0 Å². The number of aromatic nitrogens is 1. The summed E-state index contributed by atoms with van der Waals surface area (Å²) in [5.41, 5.74) is 5.32. The van der Waals surface area contributed by atoms with E-state index in [0.29, 0.717) is 6.04 Å². The molecular weight excluding hydrogens is 260 g/mol. The molecule has 0 bridgehead atoms. The molecule has 0 saturated carbocycles. The summed E-state index contributed by atoms with van der Waals surface area (Å²) in [6.07, 6.45) is 7.02. The number of rotatable bonds is 5. The van der Waals surface area contributed by atoms with E-state index in [9.17, 15) is 0 Å². The standard InChI is InChI=1S/C18H22N2O/c1-3-9-21-14-10-13(11-20-12-14)15-5-4-6-17-16(15)7-8-18(17)19-2/h4-6,10-12,18-19H,3,7-9H2,1-2H3. The molecule has 3 nitrogen and oxygen atoms in total. The first kappa shape index (κ1) is 14.1. The van der Waals surface area contributed by atoms with E-state index in [4.69, 9.17) is 4.74 Å². The first-order valence-corrected chi connectivity index (χ1v) is 7.70. The molecular formula is C18H22N2O. The zero-order valence-corrected chi connectivity index (χ0v) is 12.7. The average Bonchev–Trinajstić information content (AvgIpc) is 2.96. The molecule has 1 aromatic carbocycles. The van der Waals surface area contributed by atoms with Crippen molar-refractivity contribution in [1.82, 2.24) is 10.3 Å². The van der Waals surface area contributed by atoms with Crippen LogP contribution in [0.25, 0.3) is 11.1 Å². The third-order valence-electron chi connectivity index (χ3n) is 4.12. The summed E-state index contributed by atoms with van der Waals surface area (Å²) in [6, 6.07) is 9.15. The molecule has 1 aliphatic rings. The Morgan fingerprint density at radius 1 is 1.33 bits per heavy atom. The largest absolute Gasteiger partial charge is 0.492 e. The molecule has 1 heterocycles. The predicted molar refractivity (Wildman–Crippen MR) is 85.6 cm³/mol. The molecule has 1 unspecified atom stereocenters. The Labute approximate surface area is 126 Å². The highest BCUT2D eigenvalue weighted by Gasteiger charge is 2.23. The van der Waals surface area contributed by atoms with Crippen LogP contribution in [-0.4, -0.2) is 18.6 Å². The third-order valence-corrected chi connectivity index (χ3v) is 4.12. The third kappa shape index (κ3) is 2.79. The molecule has 0 spiro atoms. The number of ether oxygens (including phenoxy) is 1. The maximum Gasteiger partial charge on any atom is 0.138 e. The summed E-state index contributed by atoms with van der Waals surface area (Å²) >= 11 is 0. The van der Waals surface area contributed by atoms with Crippen LogP contribution >= 0.6 is 0 Å². The Morgan fingerprint density at radius 3 is 3.05 bits per heavy atom. The minimum atomic E-state index is 0.479. The van der Waals surface area contributed by atoms with Gasteiger partial charge in [0, 0.05) is 17.8 Å². The molecule has 3 heteroatoms. The Balaban J connectivity index is 1.96. The van der Waals surface area contributed by atoms with Gasteiger partial charge in [0.25, 0.3) is 0 Å². The average molecular weight is 282 g/mol. The molecule has 1 atom stereocenters. The van der Waals surface area contributed by atoms with Crippen molar-refractivity contribution in [2.45, 2.75) is 32.2 Å². The molecule has 0 aliphatic heterocycles. The lowest BCUT2D eigenvalue weighted by atomic mass is 9.97. The highest BCUT2D eigenvalue weighted by atomic mass is 16.5. The van der Waals surface area contributed by atoms with Gasteiger partial charge in [0.2, 0.25) is 0 Å². The van der Waals surface area contributed by atoms with E-state index in [1.165, 1.54) is 23.1 Å². The minimum Gasteiger partial charge on any atom is -0.492 e. The number of benzene rings is 1. The minimum absolute atomic E-state index is 0.479. The van der Waals surface area contributed by atoms with E-state index in [1.54, 1.807) is 6.20 Å². The summed E-state index contributed by atoms with van der Waals surface area (Å²) < 4.78 is 5.70. The quantitative estimate of drug-likeness (QED) is 0.907. The molecule has 1 N–H and O–H groups in total. The maximum atomic E-state index is 5.70. The summed E-state index contributed by atoms with van der Waals surface area (Å²) in [5.74, 6) is 0.857. The Bertz CT molecular complexity index is 624. The molecule has 21 heavy (non-hydrogen) atoms. The highest BCUT2D eigenvalue weighted by Crippen LogP contribution is 2.37. The van der Waals surface area contributed by atoms with Crippen LogP contribution < -0.4 is 10.1 Å². The van der Waals surface area contributed by atoms with E-state index >= 15 is 0 Å². The monoisotopic (exact) mass is 282 g/mol. The number of nitrogens with one attached hydrogen (secondary N) is 1. The normalized spacial score (nSPS) is 16.8. The predicted octanol–water partition coefficient (Wildman–Crippen LogP) is 3.74. The van der Waals surface area contributed by atoms with Gasteiger partial charge in [-0.3, -0.25) is 4.98 Å². The lowest BCUT2D eigenvalue weighted by molar-refractivity contribution is 0.316. The van der Waals surface area contributed by atoms with E-state index in [2.05, 4.69) is 41.5 Å². The first-order valence-electron chi connectivity index (χ1n) is 7.70. The van der Waals surface area contributed by atoms with E-state index < -0.39 is 0 Å². The van der Waals surface area contributed by atoms with Gasteiger partial charge in [-0.25, -0.2) is 0 Å². The second-order valence-electron chi connectivity index (χ2n) is 5.51. The number of hydrogen-bond donors (Lipinski definition) is 1. The lowest BCUT2D eigenvalue weighted by Crippen LogP contribution is -2.12. The van der Waals surface area contributed by atoms with Gasteiger partial charge in [-0.05, 0) is 49.1 Å². The summed E-state index contributed by atoms with van der Waals surface area (Å²) in [4.78, 5) is 4.34. The van der Waals surface area contributed by atoms with Crippen molar-refractivity contribution < 1.29 is 4.74 Å². The van der Waals surface area contributed by atoms with E-state index in [1.807, 2.05) is 13.2 Å². The van der Waals surface area contributed by atoms with Crippen LogP contribution in [0.15, 0.2) is 36.7 Å². The van der Waals surface area contributed by atoms with Crippen LogP contribution in [0.5, 0.6) is 5.75 Å². The number of fused-ring (bicyclic) bond motifs is 1. The number of nitrogens with zero attached hydrogens (tertiary/aromatic N) is 1. The summed E-state index contributed by atoms with van der Waals surface area (Å²) in [7, 11) is 2.03. The van der Waals surface area contributed by atoms with Crippen LogP contribution in [0.4, 0.5) is 0 Å². The Morgan fingerprint density at radius 2 is 2.24 bits per heavy atom. The topological polar surface area (TPSA) is 34.1 Å². The van der Waals surface area contributed by atoms with Crippen LogP contribution in [-0.2, 0) is 6.42 Å². The van der Waals surface area contributed by atoms with Gasteiger partial charge in [0.15, 0.2) is 0 Å². The molecule has 1 aromatic heterocycles. The van der Waals surface area contributed by atoms with Crippen LogP contribution in [0, 0.1) is 0 Å². The summed E-state index contributed by atoms with van der Waals surface area (Å²) in [6.45, 7) is 2.85. The Hall–Kier alpha value is -1.87. The van der Waals surface area contributed by atoms with Crippen molar-refractivity contribution in [3.8, 4) is 16.9 Å². The van der Waals surface area contributed by atoms with Crippen molar-refractivity contribution in [1.29, 1.82) is 0 Å². The van der Waals surface area contributed by atoms with Crippen molar-refractivity contribution in [3.63, 3.8) is 0 Å². The zero-order valence-electron chi connectivity index (χ0n) is 12.7. The van der Waals surface area contributed by atoms with Crippen molar-refractivity contribution >= 4 is 0 Å². The van der Waals surface area contributed by atoms with Crippen molar-refractivity contribution in [2.24, 2.45) is 0 Å². The molecule has 0 fully saturated rings. The van der Waals surface area contributed by atoms with Gasteiger partial charge in [0.05, 0.1) is 12.8 Å². The van der Waals surface area contributed by atoms with Gasteiger partial charge in [0.1, 0.15) is 5.75 Å². The summed E-state index contributed by atoms with van der Waals surface area (Å²) in [5, 5.41) is 3.40. The lowest BCUT2D eigenvalue weighted by Gasteiger charge is -2.13. The fraction of sp³-hybridized carbons (Fsp3) is 0.389. The van der Waals surface area contributed by atoms with Gasteiger partial charge < -0.3 is 10.1 Å². The second-order valence-corrected chi connectivity index (χ2v) is 5.51. The van der Waals surface area contributed by atoms with Crippen molar-refractivity contribution in [2.75, 3.05) is 13.7 Å². The first-order chi connectivity index (χ1) is 10.3. The van der Waals surface area contributed by atoms with E-state index in [-0.39, 0.29) is 0 Å². The molecule has 0 amide bonds. The maximum absolute atomic E-state index is 5.70. The SMILES string of the molecule is CCCOc1cncc(-c2cccc3c2CCC3NC)c1. The smallest absolute Gasteiger partial charge is 0.138 e.